The maximum Gasteiger partial charge on any atom is 0.147 e. The van der Waals surface area contributed by atoms with Gasteiger partial charge in [0.1, 0.15) is 10.8 Å². The Balaban J connectivity index is 1.92. The van der Waals surface area contributed by atoms with Crippen LogP contribution in [0.25, 0.3) is 0 Å². The van der Waals surface area contributed by atoms with E-state index >= 15 is 0 Å². The van der Waals surface area contributed by atoms with Gasteiger partial charge in [-0.3, -0.25) is 0 Å². The molecule has 0 bridgehead atoms. The van der Waals surface area contributed by atoms with Crippen molar-refractivity contribution in [3.05, 3.63) is 58.9 Å². The Labute approximate surface area is 129 Å². The first-order valence-electron chi connectivity index (χ1n) is 7.12. The highest BCUT2D eigenvalue weighted by molar-refractivity contribution is 7.80. The van der Waals surface area contributed by atoms with Crippen molar-refractivity contribution in [3.8, 4) is 0 Å². The molecule has 0 spiro atoms. The molecule has 0 fully saturated rings. The number of fused-ring (bicyclic) bond motifs is 1. The van der Waals surface area contributed by atoms with Gasteiger partial charge in [-0.25, -0.2) is 4.39 Å². The van der Waals surface area contributed by atoms with Crippen molar-refractivity contribution in [1.29, 1.82) is 0 Å². The number of nitrogens with one attached hydrogen (secondary N) is 1. The van der Waals surface area contributed by atoms with Gasteiger partial charge in [0.2, 0.25) is 0 Å². The molecule has 2 aromatic rings. The third-order valence-electron chi connectivity index (χ3n) is 3.92. The van der Waals surface area contributed by atoms with Gasteiger partial charge in [0.25, 0.3) is 0 Å². The van der Waals surface area contributed by atoms with E-state index < -0.39 is 0 Å². The summed E-state index contributed by atoms with van der Waals surface area (Å²) in [4.78, 5) is 0.206. The van der Waals surface area contributed by atoms with Gasteiger partial charge in [-0.05, 0) is 61.1 Å². The summed E-state index contributed by atoms with van der Waals surface area (Å²) >= 11 is 4.87. The van der Waals surface area contributed by atoms with Crippen molar-refractivity contribution in [2.24, 2.45) is 5.73 Å². The molecule has 3 rings (SSSR count). The van der Waals surface area contributed by atoms with Crippen LogP contribution in [0.3, 0.4) is 0 Å². The van der Waals surface area contributed by atoms with Gasteiger partial charge < -0.3 is 11.1 Å². The molecule has 4 heteroatoms. The Bertz CT molecular complexity index is 697. The molecule has 0 amide bonds. The maximum absolute atomic E-state index is 14.2. The van der Waals surface area contributed by atoms with Crippen molar-refractivity contribution >= 4 is 28.6 Å². The predicted octanol–water partition coefficient (Wildman–Crippen LogP) is 4.08. The molecule has 0 saturated carbocycles. The summed E-state index contributed by atoms with van der Waals surface area (Å²) in [5, 5.41) is 3.21. The first kappa shape index (κ1) is 14.0. The fraction of sp³-hybridized carbons (Fsp3) is 0.235. The van der Waals surface area contributed by atoms with E-state index in [0.717, 1.165) is 18.5 Å². The number of halogens is 1. The molecule has 0 unspecified atom stereocenters. The highest BCUT2D eigenvalue weighted by Gasteiger charge is 2.14. The normalized spacial score (nSPS) is 13.6. The second kappa shape index (κ2) is 5.82. The lowest BCUT2D eigenvalue weighted by Gasteiger charge is -2.20. The quantitative estimate of drug-likeness (QED) is 0.839. The molecule has 0 aromatic heterocycles. The Morgan fingerprint density at radius 1 is 1.10 bits per heavy atom. The number of nitrogens with two attached hydrogens (primary N) is 1. The molecule has 108 valence electrons. The van der Waals surface area contributed by atoms with Crippen LogP contribution in [-0.4, -0.2) is 4.99 Å². The highest BCUT2D eigenvalue weighted by atomic mass is 32.1. The topological polar surface area (TPSA) is 38.0 Å². The van der Waals surface area contributed by atoms with E-state index in [1.54, 1.807) is 12.1 Å². The van der Waals surface area contributed by atoms with Crippen LogP contribution in [0, 0.1) is 5.82 Å². The summed E-state index contributed by atoms with van der Waals surface area (Å²) < 4.78 is 14.2. The standard InChI is InChI=1S/C17H17FN2S/c18-14-10-12(17(19)21)8-9-16(14)20-15-7-3-5-11-4-1-2-6-13(11)15/h3,5,7-10,20H,1-2,4,6H2,(H2,19,21). The molecule has 0 radical (unpaired) electrons. The van der Waals surface area contributed by atoms with E-state index in [1.807, 2.05) is 12.1 Å². The molecule has 0 aliphatic heterocycles. The van der Waals surface area contributed by atoms with Gasteiger partial charge in [-0.2, -0.15) is 0 Å². The predicted molar refractivity (Wildman–Crippen MR) is 88.7 cm³/mol. The summed E-state index contributed by atoms with van der Waals surface area (Å²) in [5.41, 5.74) is 10.2. The molecule has 3 N–H and O–H groups in total. The van der Waals surface area contributed by atoms with Crippen molar-refractivity contribution < 1.29 is 4.39 Å². The van der Waals surface area contributed by atoms with Gasteiger partial charge >= 0.3 is 0 Å². The third kappa shape index (κ3) is 2.90. The fourth-order valence-electron chi connectivity index (χ4n) is 2.81. The Hall–Kier alpha value is -1.94. The van der Waals surface area contributed by atoms with Crippen LogP contribution in [0.1, 0.15) is 29.5 Å². The lowest BCUT2D eigenvalue weighted by Crippen LogP contribution is -2.10. The number of anilines is 2. The van der Waals surface area contributed by atoms with Crippen LogP contribution in [0.4, 0.5) is 15.8 Å². The molecule has 0 atom stereocenters. The van der Waals surface area contributed by atoms with Crippen molar-refractivity contribution in [1.82, 2.24) is 0 Å². The van der Waals surface area contributed by atoms with Crippen LogP contribution in [0.15, 0.2) is 36.4 Å². The monoisotopic (exact) mass is 300 g/mol. The Kier molecular flexibility index (Phi) is 3.88. The molecule has 21 heavy (non-hydrogen) atoms. The summed E-state index contributed by atoms with van der Waals surface area (Å²) in [6.07, 6.45) is 4.57. The first-order chi connectivity index (χ1) is 10.1. The molecule has 0 heterocycles. The largest absolute Gasteiger partial charge is 0.389 e. The van der Waals surface area contributed by atoms with E-state index in [2.05, 4.69) is 11.4 Å². The molecule has 2 nitrogen and oxygen atoms in total. The first-order valence-corrected chi connectivity index (χ1v) is 7.53. The smallest absolute Gasteiger partial charge is 0.147 e. The van der Waals surface area contributed by atoms with Crippen molar-refractivity contribution in [2.45, 2.75) is 25.7 Å². The molecular formula is C17H17FN2S. The maximum atomic E-state index is 14.2. The SMILES string of the molecule is NC(=S)c1ccc(Nc2cccc3c2CCCC3)c(F)c1. The molecule has 2 aromatic carbocycles. The molecule has 1 aliphatic rings. The molecular weight excluding hydrogens is 283 g/mol. The lowest BCUT2D eigenvalue weighted by molar-refractivity contribution is 0.631. The van der Waals surface area contributed by atoms with E-state index in [9.17, 15) is 4.39 Å². The number of thiocarbonyl (C=S) groups is 1. The second-order valence-corrected chi connectivity index (χ2v) is 5.77. The zero-order valence-corrected chi connectivity index (χ0v) is 12.5. The molecule has 0 saturated heterocycles. The lowest BCUT2D eigenvalue weighted by atomic mass is 9.90. The van der Waals surface area contributed by atoms with Crippen molar-refractivity contribution in [2.75, 3.05) is 5.32 Å². The Morgan fingerprint density at radius 2 is 1.90 bits per heavy atom. The summed E-state index contributed by atoms with van der Waals surface area (Å²) in [7, 11) is 0. The summed E-state index contributed by atoms with van der Waals surface area (Å²) in [5.74, 6) is -0.339. The zero-order chi connectivity index (χ0) is 14.8. The number of hydrogen-bond donors (Lipinski definition) is 2. The van der Waals surface area contributed by atoms with Gasteiger partial charge in [-0.1, -0.05) is 24.4 Å². The minimum atomic E-state index is -0.339. The Morgan fingerprint density at radius 3 is 2.67 bits per heavy atom. The van der Waals surface area contributed by atoms with Gasteiger partial charge in [0.15, 0.2) is 0 Å². The van der Waals surface area contributed by atoms with E-state index in [4.69, 9.17) is 18.0 Å². The average molecular weight is 300 g/mol. The number of rotatable bonds is 3. The van der Waals surface area contributed by atoms with Crippen LogP contribution in [0.2, 0.25) is 0 Å². The third-order valence-corrected chi connectivity index (χ3v) is 4.15. The summed E-state index contributed by atoms with van der Waals surface area (Å²) in [6.45, 7) is 0. The average Bonchev–Trinajstić information content (AvgIpc) is 2.49. The fourth-order valence-corrected chi connectivity index (χ4v) is 2.94. The van der Waals surface area contributed by atoms with Crippen LogP contribution in [-0.2, 0) is 12.8 Å². The van der Waals surface area contributed by atoms with E-state index in [1.165, 1.54) is 30.0 Å². The van der Waals surface area contributed by atoms with Gasteiger partial charge in [0.05, 0.1) is 5.69 Å². The van der Waals surface area contributed by atoms with E-state index in [0.29, 0.717) is 11.3 Å². The summed E-state index contributed by atoms with van der Waals surface area (Å²) in [6, 6.07) is 11.0. The van der Waals surface area contributed by atoms with E-state index in [-0.39, 0.29) is 10.8 Å². The van der Waals surface area contributed by atoms with Gasteiger partial charge in [-0.15, -0.1) is 0 Å². The number of benzene rings is 2. The second-order valence-electron chi connectivity index (χ2n) is 5.33. The van der Waals surface area contributed by atoms with Crippen molar-refractivity contribution in [3.63, 3.8) is 0 Å². The highest BCUT2D eigenvalue weighted by Crippen LogP contribution is 2.30. The van der Waals surface area contributed by atoms with Gasteiger partial charge in [0, 0.05) is 11.3 Å². The minimum Gasteiger partial charge on any atom is -0.389 e. The van der Waals surface area contributed by atoms with Crippen LogP contribution < -0.4 is 11.1 Å². The number of hydrogen-bond acceptors (Lipinski definition) is 2. The number of aryl methyl sites for hydroxylation is 1. The minimum absolute atomic E-state index is 0.206. The zero-order valence-electron chi connectivity index (χ0n) is 11.7. The van der Waals surface area contributed by atoms with Crippen LogP contribution >= 0.6 is 12.2 Å². The molecule has 1 aliphatic carbocycles. The van der Waals surface area contributed by atoms with Crippen LogP contribution in [0.5, 0.6) is 0 Å².